The molecule has 0 unspecified atom stereocenters. The van der Waals surface area contributed by atoms with E-state index in [1.165, 1.54) is 18.2 Å². The molecule has 0 radical (unpaired) electrons. The lowest BCUT2D eigenvalue weighted by Gasteiger charge is -2.15. The van der Waals surface area contributed by atoms with Crippen LogP contribution in [0.3, 0.4) is 0 Å². The monoisotopic (exact) mass is 337 g/mol. The second kappa shape index (κ2) is 7.19. The molecule has 0 aromatic heterocycles. The number of nitrogens with one attached hydrogen (secondary N) is 1. The zero-order chi connectivity index (χ0) is 16.2. The van der Waals surface area contributed by atoms with E-state index in [1.54, 1.807) is 0 Å². The molecule has 2 rings (SSSR count). The van der Waals surface area contributed by atoms with Gasteiger partial charge in [-0.05, 0) is 25.0 Å². The molecule has 1 aromatic rings. The molecule has 1 N–H and O–H groups in total. The topological polar surface area (TPSA) is 47.6 Å². The number of hydrogen-bond acceptors (Lipinski definition) is 3. The lowest BCUT2D eigenvalue weighted by atomic mass is 10.1. The van der Waals surface area contributed by atoms with Crippen molar-refractivity contribution in [3.63, 3.8) is 0 Å². The number of alkyl halides is 3. The van der Waals surface area contributed by atoms with Crippen molar-refractivity contribution in [3.05, 3.63) is 23.2 Å². The second-order valence-corrected chi connectivity index (χ2v) is 5.37. The van der Waals surface area contributed by atoms with Crippen LogP contribution in [0.1, 0.15) is 19.3 Å². The third kappa shape index (κ3) is 5.38. The van der Waals surface area contributed by atoms with Crippen molar-refractivity contribution in [3.8, 4) is 5.75 Å². The van der Waals surface area contributed by atoms with Crippen LogP contribution in [0.5, 0.6) is 5.75 Å². The van der Waals surface area contributed by atoms with Crippen molar-refractivity contribution in [1.82, 2.24) is 0 Å². The van der Waals surface area contributed by atoms with Crippen LogP contribution in [-0.4, -0.2) is 31.4 Å². The lowest BCUT2D eigenvalue weighted by Crippen LogP contribution is -2.22. The number of carbonyl (C=O) groups excluding carboxylic acids is 1. The van der Waals surface area contributed by atoms with E-state index >= 15 is 0 Å². The van der Waals surface area contributed by atoms with Crippen molar-refractivity contribution in [2.75, 3.05) is 18.5 Å². The standard InChI is InChI=1S/C14H15ClF3NO3/c15-9-3-4-11(12(6-9)22-8-14(16,17)18)19-13(20)7-10-2-1-5-21-10/h3-4,6,10H,1-2,5,7-8H2,(H,19,20)/t10-/m1/s1. The van der Waals surface area contributed by atoms with E-state index in [1.807, 2.05) is 0 Å². The predicted molar refractivity (Wildman–Crippen MR) is 75.2 cm³/mol. The summed E-state index contributed by atoms with van der Waals surface area (Å²) in [6.07, 6.45) is -2.76. The molecule has 1 amide bonds. The van der Waals surface area contributed by atoms with E-state index < -0.39 is 12.8 Å². The first kappa shape index (κ1) is 16.9. The summed E-state index contributed by atoms with van der Waals surface area (Å²) in [4.78, 5) is 11.9. The fourth-order valence-corrected chi connectivity index (χ4v) is 2.25. The summed E-state index contributed by atoms with van der Waals surface area (Å²) in [5, 5.41) is 2.75. The van der Waals surface area contributed by atoms with Gasteiger partial charge in [0, 0.05) is 17.7 Å². The maximum Gasteiger partial charge on any atom is 0.422 e. The van der Waals surface area contributed by atoms with Crippen molar-refractivity contribution in [2.45, 2.75) is 31.5 Å². The molecule has 1 aliphatic rings. The van der Waals surface area contributed by atoms with Gasteiger partial charge in [0.25, 0.3) is 0 Å². The van der Waals surface area contributed by atoms with Crippen molar-refractivity contribution >= 4 is 23.2 Å². The maximum absolute atomic E-state index is 12.2. The van der Waals surface area contributed by atoms with Gasteiger partial charge in [0.15, 0.2) is 6.61 Å². The first-order chi connectivity index (χ1) is 10.3. The summed E-state index contributed by atoms with van der Waals surface area (Å²) in [6.45, 7) is -0.833. The number of ether oxygens (including phenoxy) is 2. The minimum Gasteiger partial charge on any atom is -0.482 e. The van der Waals surface area contributed by atoms with Crippen molar-refractivity contribution in [1.29, 1.82) is 0 Å². The Labute approximate surface area is 130 Å². The molecular weight excluding hydrogens is 323 g/mol. The Hall–Kier alpha value is -1.47. The molecule has 0 saturated carbocycles. The highest BCUT2D eigenvalue weighted by Crippen LogP contribution is 2.30. The van der Waals surface area contributed by atoms with Crippen LogP contribution in [0.2, 0.25) is 5.02 Å². The van der Waals surface area contributed by atoms with Gasteiger partial charge in [-0.15, -0.1) is 0 Å². The van der Waals surface area contributed by atoms with E-state index in [2.05, 4.69) is 5.32 Å². The Bertz CT molecular complexity index is 531. The number of rotatable bonds is 5. The highest BCUT2D eigenvalue weighted by atomic mass is 35.5. The average Bonchev–Trinajstić information content (AvgIpc) is 2.91. The number of benzene rings is 1. The molecular formula is C14H15ClF3NO3. The Morgan fingerprint density at radius 1 is 1.45 bits per heavy atom. The molecule has 0 bridgehead atoms. The fourth-order valence-electron chi connectivity index (χ4n) is 2.09. The third-order valence-electron chi connectivity index (χ3n) is 3.05. The molecule has 1 atom stereocenters. The van der Waals surface area contributed by atoms with E-state index in [4.69, 9.17) is 21.1 Å². The summed E-state index contributed by atoms with van der Waals surface area (Å²) in [5.41, 5.74) is 0.150. The van der Waals surface area contributed by atoms with Gasteiger partial charge in [-0.3, -0.25) is 4.79 Å². The molecule has 22 heavy (non-hydrogen) atoms. The van der Waals surface area contributed by atoms with Gasteiger partial charge in [0.2, 0.25) is 5.91 Å². The molecule has 1 fully saturated rings. The second-order valence-electron chi connectivity index (χ2n) is 4.93. The summed E-state index contributed by atoms with van der Waals surface area (Å²) in [6, 6.07) is 4.10. The van der Waals surface area contributed by atoms with Gasteiger partial charge in [-0.2, -0.15) is 13.2 Å². The first-order valence-corrected chi connectivity index (χ1v) is 7.12. The summed E-state index contributed by atoms with van der Waals surface area (Å²) < 4.78 is 46.8. The molecule has 0 spiro atoms. The molecule has 122 valence electrons. The quantitative estimate of drug-likeness (QED) is 0.889. The van der Waals surface area contributed by atoms with Crippen LogP contribution in [-0.2, 0) is 9.53 Å². The van der Waals surface area contributed by atoms with E-state index in [0.717, 1.165) is 12.8 Å². The zero-order valence-electron chi connectivity index (χ0n) is 11.6. The fraction of sp³-hybridized carbons (Fsp3) is 0.500. The average molecular weight is 338 g/mol. The third-order valence-corrected chi connectivity index (χ3v) is 3.28. The molecule has 8 heteroatoms. The number of carbonyl (C=O) groups is 1. The molecule has 1 heterocycles. The summed E-state index contributed by atoms with van der Waals surface area (Å²) >= 11 is 5.75. The number of halogens is 4. The summed E-state index contributed by atoms with van der Waals surface area (Å²) in [5.74, 6) is -0.461. The largest absolute Gasteiger partial charge is 0.482 e. The molecule has 0 aliphatic carbocycles. The van der Waals surface area contributed by atoms with Gasteiger partial charge in [-0.1, -0.05) is 11.6 Å². The Morgan fingerprint density at radius 3 is 2.86 bits per heavy atom. The number of hydrogen-bond donors (Lipinski definition) is 1. The minimum absolute atomic E-state index is 0.120. The van der Waals surface area contributed by atoms with Crippen LogP contribution < -0.4 is 10.1 Å². The van der Waals surface area contributed by atoms with E-state index in [9.17, 15) is 18.0 Å². The predicted octanol–water partition coefficient (Wildman–Crippen LogP) is 3.79. The smallest absolute Gasteiger partial charge is 0.422 e. The van der Waals surface area contributed by atoms with Gasteiger partial charge in [-0.25, -0.2) is 0 Å². The Balaban J connectivity index is 2.00. The van der Waals surface area contributed by atoms with Crippen LogP contribution >= 0.6 is 11.6 Å². The molecule has 1 aromatic carbocycles. The van der Waals surface area contributed by atoms with Crippen LogP contribution in [0.4, 0.5) is 18.9 Å². The number of amides is 1. The van der Waals surface area contributed by atoms with Gasteiger partial charge in [0.05, 0.1) is 18.2 Å². The molecule has 1 saturated heterocycles. The van der Waals surface area contributed by atoms with Crippen LogP contribution in [0.15, 0.2) is 18.2 Å². The van der Waals surface area contributed by atoms with Crippen molar-refractivity contribution in [2.24, 2.45) is 0 Å². The van der Waals surface area contributed by atoms with Gasteiger partial charge >= 0.3 is 6.18 Å². The Morgan fingerprint density at radius 2 is 2.23 bits per heavy atom. The highest BCUT2D eigenvalue weighted by Gasteiger charge is 2.29. The molecule has 4 nitrogen and oxygen atoms in total. The normalized spacial score (nSPS) is 18.3. The first-order valence-electron chi connectivity index (χ1n) is 6.74. The van der Waals surface area contributed by atoms with Crippen molar-refractivity contribution < 1.29 is 27.4 Å². The van der Waals surface area contributed by atoms with Gasteiger partial charge in [0.1, 0.15) is 5.75 Å². The highest BCUT2D eigenvalue weighted by molar-refractivity contribution is 6.30. The number of anilines is 1. The zero-order valence-corrected chi connectivity index (χ0v) is 12.3. The van der Waals surface area contributed by atoms with Crippen LogP contribution in [0.25, 0.3) is 0 Å². The molecule has 1 aliphatic heterocycles. The lowest BCUT2D eigenvalue weighted by molar-refractivity contribution is -0.153. The van der Waals surface area contributed by atoms with E-state index in [-0.39, 0.29) is 34.9 Å². The SMILES string of the molecule is O=C(C[C@H]1CCCO1)Nc1ccc(Cl)cc1OCC(F)(F)F. The van der Waals surface area contributed by atoms with E-state index in [0.29, 0.717) is 6.61 Å². The maximum atomic E-state index is 12.2. The minimum atomic E-state index is -4.47. The Kier molecular flexibility index (Phi) is 5.52. The van der Waals surface area contributed by atoms with Gasteiger partial charge < -0.3 is 14.8 Å². The summed E-state index contributed by atoms with van der Waals surface area (Å²) in [7, 11) is 0. The van der Waals surface area contributed by atoms with Crippen LogP contribution in [0, 0.1) is 0 Å².